The molecule has 3 nitrogen and oxygen atoms in total. The second-order valence-corrected chi connectivity index (χ2v) is 3.64. The van der Waals surface area contributed by atoms with E-state index in [2.05, 4.69) is 11.9 Å². The molecule has 1 aromatic heterocycles. The van der Waals surface area contributed by atoms with Crippen molar-refractivity contribution >= 4 is 6.29 Å². The highest BCUT2D eigenvalue weighted by atomic mass is 16.1. The van der Waals surface area contributed by atoms with Crippen LogP contribution in [-0.4, -0.2) is 15.8 Å². The Hall–Kier alpha value is -1.12. The number of aryl methyl sites for hydroxylation is 1. The van der Waals surface area contributed by atoms with Crippen LogP contribution in [-0.2, 0) is 11.8 Å². The molecule has 1 heterocycles. The Kier molecular flexibility index (Phi) is 4.36. The highest BCUT2D eigenvalue weighted by Crippen LogP contribution is 2.22. The normalized spacial score (nSPS) is 12.7. The molecule has 0 aliphatic carbocycles. The molecule has 0 fully saturated rings. The van der Waals surface area contributed by atoms with Gasteiger partial charge in [0.1, 0.15) is 12.1 Å². The van der Waals surface area contributed by atoms with Crippen molar-refractivity contribution in [2.75, 3.05) is 0 Å². The third-order valence-corrected chi connectivity index (χ3v) is 2.51. The minimum atomic E-state index is 0.299. The molecule has 0 aliphatic heterocycles. The van der Waals surface area contributed by atoms with Crippen LogP contribution in [0.5, 0.6) is 0 Å². The minimum absolute atomic E-state index is 0.299. The lowest BCUT2D eigenvalue weighted by Gasteiger charge is -2.13. The van der Waals surface area contributed by atoms with Crippen LogP contribution >= 0.6 is 0 Å². The Morgan fingerprint density at radius 2 is 2.43 bits per heavy atom. The Labute approximate surface area is 85.2 Å². The summed E-state index contributed by atoms with van der Waals surface area (Å²) >= 11 is 0. The molecule has 1 rings (SSSR count). The lowest BCUT2D eigenvalue weighted by atomic mass is 9.98. The molecular weight excluding hydrogens is 176 g/mol. The number of carbonyl (C=O) groups is 1. The second-order valence-electron chi connectivity index (χ2n) is 3.64. The van der Waals surface area contributed by atoms with Crippen LogP contribution < -0.4 is 0 Å². The maximum absolute atomic E-state index is 10.5. The van der Waals surface area contributed by atoms with Crippen LogP contribution in [0, 0.1) is 0 Å². The van der Waals surface area contributed by atoms with Crippen molar-refractivity contribution in [2.24, 2.45) is 7.05 Å². The SMILES string of the molecule is CCCCC(CC=O)c1nccn1C. The summed E-state index contributed by atoms with van der Waals surface area (Å²) in [6, 6.07) is 0. The molecule has 78 valence electrons. The molecule has 0 aromatic carbocycles. The van der Waals surface area contributed by atoms with Crippen molar-refractivity contribution in [1.82, 2.24) is 9.55 Å². The van der Waals surface area contributed by atoms with Gasteiger partial charge in [-0.15, -0.1) is 0 Å². The fraction of sp³-hybridized carbons (Fsp3) is 0.636. The first-order valence-corrected chi connectivity index (χ1v) is 5.20. The zero-order chi connectivity index (χ0) is 10.4. The van der Waals surface area contributed by atoms with Crippen molar-refractivity contribution < 1.29 is 4.79 Å². The molecule has 0 spiro atoms. The molecule has 1 atom stereocenters. The Balaban J connectivity index is 2.66. The van der Waals surface area contributed by atoms with Crippen LogP contribution in [0.1, 0.15) is 44.3 Å². The summed E-state index contributed by atoms with van der Waals surface area (Å²) in [6.45, 7) is 2.16. The Morgan fingerprint density at radius 3 is 2.93 bits per heavy atom. The van der Waals surface area contributed by atoms with Gasteiger partial charge in [-0.3, -0.25) is 0 Å². The summed E-state index contributed by atoms with van der Waals surface area (Å²) in [6.07, 6.45) is 8.68. The van der Waals surface area contributed by atoms with Gasteiger partial charge in [0.05, 0.1) is 0 Å². The van der Waals surface area contributed by atoms with Crippen molar-refractivity contribution in [1.29, 1.82) is 0 Å². The van der Waals surface area contributed by atoms with Gasteiger partial charge in [-0.25, -0.2) is 4.98 Å². The van der Waals surface area contributed by atoms with E-state index < -0.39 is 0 Å². The van der Waals surface area contributed by atoms with Gasteiger partial charge >= 0.3 is 0 Å². The minimum Gasteiger partial charge on any atom is -0.338 e. The molecule has 14 heavy (non-hydrogen) atoms. The molecular formula is C11H18N2O. The van der Waals surface area contributed by atoms with E-state index in [1.165, 1.54) is 6.42 Å². The quantitative estimate of drug-likeness (QED) is 0.651. The first-order chi connectivity index (χ1) is 6.79. The van der Waals surface area contributed by atoms with Gasteiger partial charge < -0.3 is 9.36 Å². The van der Waals surface area contributed by atoms with E-state index in [4.69, 9.17) is 0 Å². The van der Waals surface area contributed by atoms with Crippen molar-refractivity contribution in [2.45, 2.75) is 38.5 Å². The second kappa shape index (κ2) is 5.58. The van der Waals surface area contributed by atoms with Gasteiger partial charge in [0, 0.05) is 31.8 Å². The maximum Gasteiger partial charge on any atom is 0.120 e. The summed E-state index contributed by atoms with van der Waals surface area (Å²) in [4.78, 5) is 14.8. The number of aromatic nitrogens is 2. The van der Waals surface area contributed by atoms with Crippen LogP contribution in [0.4, 0.5) is 0 Å². The molecule has 0 saturated heterocycles. The monoisotopic (exact) mass is 194 g/mol. The molecule has 0 aliphatic rings. The maximum atomic E-state index is 10.5. The number of rotatable bonds is 6. The van der Waals surface area contributed by atoms with Gasteiger partial charge in [0.25, 0.3) is 0 Å². The summed E-state index contributed by atoms with van der Waals surface area (Å²) < 4.78 is 2.00. The van der Waals surface area contributed by atoms with Crippen LogP contribution in [0.2, 0.25) is 0 Å². The van der Waals surface area contributed by atoms with Crippen molar-refractivity contribution in [3.63, 3.8) is 0 Å². The molecule has 1 aromatic rings. The number of nitrogens with zero attached hydrogens (tertiary/aromatic N) is 2. The number of aldehydes is 1. The molecule has 1 unspecified atom stereocenters. The molecule has 0 saturated carbocycles. The molecule has 0 amide bonds. The van der Waals surface area contributed by atoms with Gasteiger partial charge in [-0.05, 0) is 6.42 Å². The number of imidazole rings is 1. The first kappa shape index (κ1) is 11.0. The van der Waals surface area contributed by atoms with Gasteiger partial charge in [0.15, 0.2) is 0 Å². The Bertz CT molecular complexity index is 281. The predicted molar refractivity (Wildman–Crippen MR) is 56.2 cm³/mol. The fourth-order valence-corrected chi connectivity index (χ4v) is 1.69. The first-order valence-electron chi connectivity index (χ1n) is 5.20. The molecule has 0 N–H and O–H groups in total. The molecule has 0 radical (unpaired) electrons. The average molecular weight is 194 g/mol. The van der Waals surface area contributed by atoms with E-state index in [1.54, 1.807) is 6.20 Å². The van der Waals surface area contributed by atoms with Crippen LogP contribution in [0.3, 0.4) is 0 Å². The molecule has 0 bridgehead atoms. The van der Waals surface area contributed by atoms with E-state index in [9.17, 15) is 4.79 Å². The number of carbonyl (C=O) groups excluding carboxylic acids is 1. The summed E-state index contributed by atoms with van der Waals surface area (Å²) in [5.41, 5.74) is 0. The van der Waals surface area contributed by atoms with E-state index >= 15 is 0 Å². The van der Waals surface area contributed by atoms with Gasteiger partial charge in [-0.2, -0.15) is 0 Å². The van der Waals surface area contributed by atoms with Gasteiger partial charge in [-0.1, -0.05) is 19.8 Å². The largest absolute Gasteiger partial charge is 0.338 e. The molecule has 3 heteroatoms. The third kappa shape index (κ3) is 2.69. The summed E-state index contributed by atoms with van der Waals surface area (Å²) in [5.74, 6) is 1.33. The zero-order valence-corrected chi connectivity index (χ0v) is 8.94. The predicted octanol–water partition coefficient (Wildman–Crippen LogP) is 2.28. The average Bonchev–Trinajstić information content (AvgIpc) is 2.59. The number of hydrogen-bond donors (Lipinski definition) is 0. The smallest absolute Gasteiger partial charge is 0.120 e. The highest BCUT2D eigenvalue weighted by Gasteiger charge is 2.14. The summed E-state index contributed by atoms with van der Waals surface area (Å²) in [5, 5.41) is 0. The summed E-state index contributed by atoms with van der Waals surface area (Å²) in [7, 11) is 1.98. The third-order valence-electron chi connectivity index (χ3n) is 2.51. The fourth-order valence-electron chi connectivity index (χ4n) is 1.69. The standard InChI is InChI=1S/C11H18N2O/c1-3-4-5-10(6-9-14)11-12-7-8-13(11)2/h7-10H,3-6H2,1-2H3. The lowest BCUT2D eigenvalue weighted by Crippen LogP contribution is -2.07. The lowest BCUT2D eigenvalue weighted by molar-refractivity contribution is -0.108. The Morgan fingerprint density at radius 1 is 1.64 bits per heavy atom. The van der Waals surface area contributed by atoms with E-state index in [0.717, 1.165) is 25.0 Å². The van der Waals surface area contributed by atoms with Gasteiger partial charge in [0.2, 0.25) is 0 Å². The van der Waals surface area contributed by atoms with Crippen LogP contribution in [0.25, 0.3) is 0 Å². The van der Waals surface area contributed by atoms with Crippen molar-refractivity contribution in [3.8, 4) is 0 Å². The van der Waals surface area contributed by atoms with Crippen LogP contribution in [0.15, 0.2) is 12.4 Å². The van der Waals surface area contributed by atoms with E-state index in [1.807, 2.05) is 17.8 Å². The van der Waals surface area contributed by atoms with Crippen molar-refractivity contribution in [3.05, 3.63) is 18.2 Å². The van der Waals surface area contributed by atoms with E-state index in [-0.39, 0.29) is 0 Å². The topological polar surface area (TPSA) is 34.9 Å². The van der Waals surface area contributed by atoms with E-state index in [0.29, 0.717) is 12.3 Å². The highest BCUT2D eigenvalue weighted by molar-refractivity contribution is 5.51. The number of hydrogen-bond acceptors (Lipinski definition) is 2. The zero-order valence-electron chi connectivity index (χ0n) is 8.94. The number of unbranched alkanes of at least 4 members (excludes halogenated alkanes) is 1.